The summed E-state index contributed by atoms with van der Waals surface area (Å²) in [7, 11) is 1.60. The summed E-state index contributed by atoms with van der Waals surface area (Å²) >= 11 is 2.60. The summed E-state index contributed by atoms with van der Waals surface area (Å²) in [4.78, 5) is 41.8. The van der Waals surface area contributed by atoms with Crippen molar-refractivity contribution < 1.29 is 26.6 Å². The van der Waals surface area contributed by atoms with E-state index in [4.69, 9.17) is 5.73 Å². The molecule has 0 spiro atoms. The van der Waals surface area contributed by atoms with Crippen LogP contribution in [0.3, 0.4) is 0 Å². The standard InChI is InChI=1S/C15H17N5O4S2.5H2/c1-3-6-4-25-13-9(12(22)20(13)10(6)14(23)24)19-11(21)8(17-2)7-5-26-15(16)18-7;;;;;/h3,5,8-9,13,17H,1,4H2,2H3,(H2,16,18)(H,19,21)(H,23,24);5*1H/t8?,9-,13-;;;;;/m1...../s1. The first kappa shape index (κ1) is 18.4. The van der Waals surface area contributed by atoms with Gasteiger partial charge in [0, 0.05) is 18.3 Å². The number of nitrogens with one attached hydrogen (secondary N) is 2. The Morgan fingerprint density at radius 1 is 1.62 bits per heavy atom. The highest BCUT2D eigenvalue weighted by Gasteiger charge is 2.54. The van der Waals surface area contributed by atoms with Crippen LogP contribution in [0.15, 0.2) is 29.3 Å². The Bertz CT molecular complexity index is 840. The largest absolute Gasteiger partial charge is 0.477 e. The Hall–Kier alpha value is -2.37. The highest BCUT2D eigenvalue weighted by Crippen LogP contribution is 2.40. The summed E-state index contributed by atoms with van der Waals surface area (Å²) < 4.78 is 0. The number of carboxylic acids is 1. The summed E-state index contributed by atoms with van der Waals surface area (Å²) in [5.41, 5.74) is 6.49. The molecule has 5 N–H and O–H groups in total. The van der Waals surface area contributed by atoms with E-state index in [1.54, 1.807) is 12.4 Å². The molecule has 1 aromatic heterocycles. The molecule has 0 radical (unpaired) electrons. The van der Waals surface area contributed by atoms with Crippen molar-refractivity contribution in [2.45, 2.75) is 17.5 Å². The van der Waals surface area contributed by atoms with Crippen molar-refractivity contribution in [3.05, 3.63) is 35.0 Å². The summed E-state index contributed by atoms with van der Waals surface area (Å²) in [5, 5.41) is 16.5. The van der Waals surface area contributed by atoms with Gasteiger partial charge in [0.1, 0.15) is 23.2 Å². The number of hydrogen-bond donors (Lipinski definition) is 4. The van der Waals surface area contributed by atoms with Crippen LogP contribution >= 0.6 is 23.1 Å². The fraction of sp³-hybridized carbons (Fsp3) is 0.333. The van der Waals surface area contributed by atoms with Gasteiger partial charge in [-0.05, 0) is 12.6 Å². The number of nitrogens with two attached hydrogens (primary N) is 1. The molecule has 3 atom stereocenters. The highest BCUT2D eigenvalue weighted by atomic mass is 32.2. The molecule has 9 nitrogen and oxygen atoms in total. The SMILES string of the molecule is C=CC1=C(C(=O)O)N2C(=O)[C@@H](NC(=O)C(NC)c3csc(N)n3)[C@H]2SC1.[HH].[HH].[HH].[HH].[HH]. The fourth-order valence-electron chi connectivity index (χ4n) is 2.88. The molecule has 2 aliphatic rings. The van der Waals surface area contributed by atoms with E-state index in [1.165, 1.54) is 34.1 Å². The number of aromatic nitrogens is 1. The number of thioether (sulfide) groups is 1. The minimum absolute atomic E-state index is 0. The molecule has 1 fully saturated rings. The molecule has 0 aromatic carbocycles. The van der Waals surface area contributed by atoms with E-state index in [1.807, 2.05) is 0 Å². The lowest BCUT2D eigenvalue weighted by atomic mass is 10.0. The van der Waals surface area contributed by atoms with Crippen molar-refractivity contribution in [3.63, 3.8) is 0 Å². The van der Waals surface area contributed by atoms with Gasteiger partial charge >= 0.3 is 5.97 Å². The average Bonchev–Trinajstić information content (AvgIpc) is 3.04. The van der Waals surface area contributed by atoms with Gasteiger partial charge in [-0.25, -0.2) is 9.78 Å². The number of β-lactam (4-membered cyclic amide) rings is 1. The van der Waals surface area contributed by atoms with Crippen molar-refractivity contribution in [2.24, 2.45) is 0 Å². The minimum atomic E-state index is -1.19. The quantitative estimate of drug-likeness (QED) is 0.517. The molecule has 0 saturated carbocycles. The van der Waals surface area contributed by atoms with Gasteiger partial charge in [-0.15, -0.1) is 23.1 Å². The third-order valence-corrected chi connectivity index (χ3v) is 6.13. The number of aliphatic carboxylic acids is 1. The van der Waals surface area contributed by atoms with Gasteiger partial charge in [0.2, 0.25) is 5.91 Å². The summed E-state index contributed by atoms with van der Waals surface area (Å²) in [6, 6.07) is -1.54. The number of nitrogens with zero attached hydrogens (tertiary/aromatic N) is 2. The molecule has 148 valence electrons. The zero-order chi connectivity index (χ0) is 19.0. The van der Waals surface area contributed by atoms with Crippen molar-refractivity contribution in [1.29, 1.82) is 0 Å². The maximum atomic E-state index is 12.6. The second-order valence-corrected chi connectivity index (χ2v) is 7.61. The maximum absolute atomic E-state index is 12.6. The van der Waals surface area contributed by atoms with Crippen LogP contribution in [0.2, 0.25) is 0 Å². The molecule has 2 amide bonds. The van der Waals surface area contributed by atoms with Crippen molar-refractivity contribution in [3.8, 4) is 0 Å². The van der Waals surface area contributed by atoms with Crippen LogP contribution in [-0.2, 0) is 14.4 Å². The molecule has 2 aliphatic heterocycles. The lowest BCUT2D eigenvalue weighted by molar-refractivity contribution is -0.150. The molecular formula is C15H27N5O4S2. The molecule has 3 heterocycles. The third kappa shape index (κ3) is 2.97. The Kier molecular flexibility index (Phi) is 5.03. The van der Waals surface area contributed by atoms with Crippen LogP contribution in [0.1, 0.15) is 18.9 Å². The van der Waals surface area contributed by atoms with Gasteiger partial charge in [0.15, 0.2) is 5.13 Å². The van der Waals surface area contributed by atoms with Crippen molar-refractivity contribution in [1.82, 2.24) is 20.5 Å². The normalized spacial score (nSPS) is 23.1. The number of likely N-dealkylation sites (N-methyl/N-ethyl adjacent to an activating group) is 1. The van der Waals surface area contributed by atoms with Crippen molar-refractivity contribution >= 4 is 46.0 Å². The lowest BCUT2D eigenvalue weighted by Crippen LogP contribution is -2.71. The van der Waals surface area contributed by atoms with Crippen LogP contribution in [0.4, 0.5) is 5.13 Å². The van der Waals surface area contributed by atoms with E-state index in [2.05, 4.69) is 22.2 Å². The molecule has 1 unspecified atom stereocenters. The topological polar surface area (TPSA) is 138 Å². The zero-order valence-electron chi connectivity index (χ0n) is 13.8. The number of thiazole rings is 1. The van der Waals surface area contributed by atoms with Gasteiger partial charge < -0.3 is 21.5 Å². The number of anilines is 1. The van der Waals surface area contributed by atoms with E-state index < -0.39 is 35.2 Å². The predicted octanol–water partition coefficient (Wildman–Crippen LogP) is 1.14. The maximum Gasteiger partial charge on any atom is 0.352 e. The number of carbonyl (C=O) groups is 3. The Balaban J connectivity index is -0.00000157. The van der Waals surface area contributed by atoms with Gasteiger partial charge in [-0.3, -0.25) is 14.5 Å². The second kappa shape index (κ2) is 7.09. The van der Waals surface area contributed by atoms with Crippen LogP contribution < -0.4 is 16.4 Å². The predicted molar refractivity (Wildman–Crippen MR) is 109 cm³/mol. The number of amides is 2. The first-order valence-electron chi connectivity index (χ1n) is 7.61. The first-order chi connectivity index (χ1) is 12.4. The molecule has 1 saturated heterocycles. The molecule has 1 aromatic rings. The summed E-state index contributed by atoms with van der Waals surface area (Å²) in [5.74, 6) is -1.66. The van der Waals surface area contributed by atoms with E-state index in [0.717, 1.165) is 0 Å². The molecule has 26 heavy (non-hydrogen) atoms. The van der Waals surface area contributed by atoms with Crippen molar-refractivity contribution in [2.75, 3.05) is 18.5 Å². The van der Waals surface area contributed by atoms with Crippen LogP contribution in [-0.4, -0.2) is 57.0 Å². The van der Waals surface area contributed by atoms with E-state index >= 15 is 0 Å². The van der Waals surface area contributed by atoms with Gasteiger partial charge in [0.05, 0.1) is 5.69 Å². The van der Waals surface area contributed by atoms with Gasteiger partial charge in [-0.1, -0.05) is 12.7 Å². The van der Waals surface area contributed by atoms with E-state index in [-0.39, 0.29) is 12.8 Å². The molecular weight excluding hydrogens is 378 g/mol. The zero-order valence-corrected chi connectivity index (χ0v) is 15.4. The number of carbonyl (C=O) groups excluding carboxylic acids is 2. The third-order valence-electron chi connectivity index (χ3n) is 4.13. The fourth-order valence-corrected chi connectivity index (χ4v) is 4.81. The number of fused-ring (bicyclic) bond motifs is 1. The molecule has 0 bridgehead atoms. The van der Waals surface area contributed by atoms with E-state index in [0.29, 0.717) is 22.2 Å². The molecule has 11 heteroatoms. The van der Waals surface area contributed by atoms with Gasteiger partial charge in [0.25, 0.3) is 5.91 Å². The lowest BCUT2D eigenvalue weighted by Gasteiger charge is -2.49. The minimum Gasteiger partial charge on any atom is -0.477 e. The van der Waals surface area contributed by atoms with Crippen LogP contribution in [0, 0.1) is 0 Å². The number of allylic oxidation sites excluding steroid dienone is 1. The number of nitrogen functional groups attached to an aromatic ring is 1. The smallest absolute Gasteiger partial charge is 0.352 e. The summed E-state index contributed by atoms with van der Waals surface area (Å²) in [6.45, 7) is 3.60. The first-order valence-corrected chi connectivity index (χ1v) is 9.54. The molecule has 3 rings (SSSR count). The average molecular weight is 406 g/mol. The Labute approximate surface area is 164 Å². The summed E-state index contributed by atoms with van der Waals surface area (Å²) in [6.07, 6.45) is 1.44. The van der Waals surface area contributed by atoms with Gasteiger partial charge in [-0.2, -0.15) is 0 Å². The highest BCUT2D eigenvalue weighted by molar-refractivity contribution is 8.00. The van der Waals surface area contributed by atoms with Crippen LogP contribution in [0.5, 0.6) is 0 Å². The number of carboxylic acid groups (broad SMARTS) is 1. The monoisotopic (exact) mass is 405 g/mol. The van der Waals surface area contributed by atoms with Crippen LogP contribution in [0.25, 0.3) is 0 Å². The molecule has 0 aliphatic carbocycles. The number of hydrogen-bond acceptors (Lipinski definition) is 8. The van der Waals surface area contributed by atoms with E-state index in [9.17, 15) is 19.5 Å². The Morgan fingerprint density at radius 2 is 2.35 bits per heavy atom. The second-order valence-electron chi connectivity index (χ2n) is 5.61. The Morgan fingerprint density at radius 3 is 2.88 bits per heavy atom. The number of rotatable bonds is 6.